The molecule has 0 aliphatic carbocycles. The summed E-state index contributed by atoms with van der Waals surface area (Å²) in [6.07, 6.45) is 3.17. The van der Waals surface area contributed by atoms with E-state index < -0.39 is 0 Å². The number of ether oxygens (including phenoxy) is 1. The Kier molecular flexibility index (Phi) is 4.91. The standard InChI is InChI=1S/C19H21N5O2S/c1-23-5-7-24(8-6-23)13-3-4-15(16(9-13)26-2)22-19(25)14-11-27-17-10-20-12-21-18(14)17/h3-4,9-12H,5-8H2,1-2H3,(H,22,25). The fourth-order valence-electron chi connectivity index (χ4n) is 3.18. The number of likely N-dealkylation sites (N-methyl/N-ethyl adjacent to an activating group) is 1. The van der Waals surface area contributed by atoms with Gasteiger partial charge in [-0.1, -0.05) is 0 Å². The Morgan fingerprint density at radius 3 is 2.85 bits per heavy atom. The number of amides is 1. The molecular formula is C19H21N5O2S. The lowest BCUT2D eigenvalue weighted by Gasteiger charge is -2.34. The van der Waals surface area contributed by atoms with Crippen LogP contribution in [0.1, 0.15) is 10.4 Å². The zero-order valence-corrected chi connectivity index (χ0v) is 16.1. The van der Waals surface area contributed by atoms with Crippen molar-refractivity contribution in [1.82, 2.24) is 14.9 Å². The van der Waals surface area contributed by atoms with Crippen LogP contribution < -0.4 is 15.0 Å². The quantitative estimate of drug-likeness (QED) is 0.747. The Bertz CT molecular complexity index is 966. The van der Waals surface area contributed by atoms with Crippen molar-refractivity contribution in [2.24, 2.45) is 0 Å². The zero-order chi connectivity index (χ0) is 18.8. The highest BCUT2D eigenvalue weighted by molar-refractivity contribution is 7.17. The van der Waals surface area contributed by atoms with Gasteiger partial charge in [0.05, 0.1) is 28.6 Å². The number of nitrogens with one attached hydrogen (secondary N) is 1. The van der Waals surface area contributed by atoms with Gasteiger partial charge in [0, 0.05) is 49.5 Å². The molecule has 1 aliphatic heterocycles. The molecule has 0 bridgehead atoms. The van der Waals surface area contributed by atoms with Crippen molar-refractivity contribution in [2.45, 2.75) is 0 Å². The van der Waals surface area contributed by atoms with E-state index in [9.17, 15) is 4.79 Å². The Hall–Kier alpha value is -2.71. The van der Waals surface area contributed by atoms with Crippen LogP contribution in [0.5, 0.6) is 5.75 Å². The Balaban J connectivity index is 1.55. The highest BCUT2D eigenvalue weighted by Gasteiger charge is 2.18. The summed E-state index contributed by atoms with van der Waals surface area (Å²) in [5.74, 6) is 0.444. The molecule has 0 radical (unpaired) electrons. The van der Waals surface area contributed by atoms with E-state index in [-0.39, 0.29) is 5.91 Å². The predicted octanol–water partition coefficient (Wildman–Crippen LogP) is 2.70. The zero-order valence-electron chi connectivity index (χ0n) is 15.3. The van der Waals surface area contributed by atoms with E-state index in [1.807, 2.05) is 18.2 Å². The summed E-state index contributed by atoms with van der Waals surface area (Å²) in [6, 6.07) is 5.90. The van der Waals surface area contributed by atoms with Gasteiger partial charge in [-0.2, -0.15) is 0 Å². The molecule has 0 saturated carbocycles. The Morgan fingerprint density at radius 1 is 1.26 bits per heavy atom. The van der Waals surface area contributed by atoms with Crippen LogP contribution in [0.2, 0.25) is 0 Å². The van der Waals surface area contributed by atoms with E-state index >= 15 is 0 Å². The average molecular weight is 383 g/mol. The van der Waals surface area contributed by atoms with Gasteiger partial charge in [0.25, 0.3) is 5.91 Å². The summed E-state index contributed by atoms with van der Waals surface area (Å²) < 4.78 is 6.42. The largest absolute Gasteiger partial charge is 0.494 e. The van der Waals surface area contributed by atoms with E-state index in [0.29, 0.717) is 22.5 Å². The Labute approximate surface area is 161 Å². The van der Waals surface area contributed by atoms with E-state index in [1.165, 1.54) is 17.7 Å². The molecule has 1 saturated heterocycles. The van der Waals surface area contributed by atoms with Crippen LogP contribution in [0.3, 0.4) is 0 Å². The number of methoxy groups -OCH3 is 1. The third kappa shape index (κ3) is 3.58. The normalized spacial score (nSPS) is 15.1. The molecule has 0 spiro atoms. The van der Waals surface area contributed by atoms with Crippen molar-refractivity contribution in [3.63, 3.8) is 0 Å². The van der Waals surface area contributed by atoms with Gasteiger partial charge in [0.2, 0.25) is 0 Å². The number of hydrogen-bond donors (Lipinski definition) is 1. The number of anilines is 2. The summed E-state index contributed by atoms with van der Waals surface area (Å²) in [5.41, 5.74) is 2.96. The summed E-state index contributed by atoms with van der Waals surface area (Å²) in [6.45, 7) is 4.03. The molecule has 27 heavy (non-hydrogen) atoms. The molecule has 8 heteroatoms. The predicted molar refractivity (Wildman–Crippen MR) is 108 cm³/mol. The van der Waals surface area contributed by atoms with Crippen molar-refractivity contribution in [3.8, 4) is 5.75 Å². The summed E-state index contributed by atoms with van der Waals surface area (Å²) in [7, 11) is 3.75. The minimum absolute atomic E-state index is 0.203. The number of piperazine rings is 1. The van der Waals surface area contributed by atoms with E-state index in [1.54, 1.807) is 18.7 Å². The van der Waals surface area contributed by atoms with E-state index in [4.69, 9.17) is 4.74 Å². The molecular weight excluding hydrogens is 362 g/mol. The minimum atomic E-state index is -0.203. The number of hydrogen-bond acceptors (Lipinski definition) is 7. The number of carbonyl (C=O) groups excluding carboxylic acids is 1. The number of aromatic nitrogens is 2. The van der Waals surface area contributed by atoms with Gasteiger partial charge >= 0.3 is 0 Å². The average Bonchev–Trinajstić information content (AvgIpc) is 3.13. The first kappa shape index (κ1) is 17.7. The molecule has 0 atom stereocenters. The number of fused-ring (bicyclic) bond motifs is 1. The first-order valence-corrected chi connectivity index (χ1v) is 9.64. The fraction of sp³-hybridized carbons (Fsp3) is 0.316. The van der Waals surface area contributed by atoms with Crippen molar-refractivity contribution in [1.29, 1.82) is 0 Å². The summed E-state index contributed by atoms with van der Waals surface area (Å²) in [4.78, 5) is 25.6. The first-order chi connectivity index (χ1) is 13.2. The smallest absolute Gasteiger partial charge is 0.258 e. The SMILES string of the molecule is COc1cc(N2CCN(C)CC2)ccc1NC(=O)c1csc2cncnc12. The van der Waals surface area contributed by atoms with Gasteiger partial charge < -0.3 is 19.9 Å². The van der Waals surface area contributed by atoms with E-state index in [2.05, 4.69) is 32.1 Å². The lowest BCUT2D eigenvalue weighted by molar-refractivity contribution is 0.102. The molecule has 2 aromatic heterocycles. The maximum atomic E-state index is 12.7. The molecule has 1 fully saturated rings. The van der Waals surface area contributed by atoms with Gasteiger partial charge in [-0.15, -0.1) is 11.3 Å². The molecule has 3 heterocycles. The number of nitrogens with zero attached hydrogens (tertiary/aromatic N) is 4. The molecule has 1 N–H and O–H groups in total. The number of thiophene rings is 1. The molecule has 0 unspecified atom stereocenters. The molecule has 1 amide bonds. The van der Waals surface area contributed by atoms with Crippen molar-refractivity contribution >= 4 is 38.8 Å². The lowest BCUT2D eigenvalue weighted by atomic mass is 10.2. The molecule has 140 valence electrons. The molecule has 1 aliphatic rings. The summed E-state index contributed by atoms with van der Waals surface area (Å²) in [5, 5.41) is 4.75. The van der Waals surface area contributed by atoms with Gasteiger partial charge in [-0.05, 0) is 19.2 Å². The second-order valence-electron chi connectivity index (χ2n) is 6.51. The molecule has 4 rings (SSSR count). The number of rotatable bonds is 4. The Morgan fingerprint density at radius 2 is 2.07 bits per heavy atom. The maximum Gasteiger partial charge on any atom is 0.258 e. The van der Waals surface area contributed by atoms with Crippen LogP contribution in [-0.4, -0.2) is 61.1 Å². The van der Waals surface area contributed by atoms with Crippen LogP contribution in [0, 0.1) is 0 Å². The second-order valence-corrected chi connectivity index (χ2v) is 7.43. The van der Waals surface area contributed by atoms with Crippen LogP contribution in [0.25, 0.3) is 10.2 Å². The fourth-order valence-corrected chi connectivity index (χ4v) is 4.04. The minimum Gasteiger partial charge on any atom is -0.494 e. The molecule has 1 aromatic carbocycles. The van der Waals surface area contributed by atoms with Crippen molar-refractivity contribution in [2.75, 3.05) is 50.6 Å². The van der Waals surface area contributed by atoms with Crippen LogP contribution >= 0.6 is 11.3 Å². The molecule has 3 aromatic rings. The van der Waals surface area contributed by atoms with Crippen LogP contribution in [0.15, 0.2) is 36.1 Å². The highest BCUT2D eigenvalue weighted by Crippen LogP contribution is 2.31. The third-order valence-corrected chi connectivity index (χ3v) is 5.69. The number of carbonyl (C=O) groups is 1. The first-order valence-electron chi connectivity index (χ1n) is 8.76. The van der Waals surface area contributed by atoms with Crippen molar-refractivity contribution in [3.05, 3.63) is 41.7 Å². The van der Waals surface area contributed by atoms with Gasteiger partial charge in [-0.25, -0.2) is 9.97 Å². The molecule has 7 nitrogen and oxygen atoms in total. The lowest BCUT2D eigenvalue weighted by Crippen LogP contribution is -2.44. The maximum absolute atomic E-state index is 12.7. The monoisotopic (exact) mass is 383 g/mol. The van der Waals surface area contributed by atoms with Crippen molar-refractivity contribution < 1.29 is 9.53 Å². The van der Waals surface area contributed by atoms with Gasteiger partial charge in [-0.3, -0.25) is 4.79 Å². The number of benzene rings is 1. The summed E-state index contributed by atoms with van der Waals surface area (Å²) >= 11 is 1.46. The third-order valence-electron chi connectivity index (χ3n) is 4.78. The van der Waals surface area contributed by atoms with Crippen LogP contribution in [0.4, 0.5) is 11.4 Å². The second kappa shape index (κ2) is 7.50. The van der Waals surface area contributed by atoms with E-state index in [0.717, 1.165) is 36.6 Å². The van der Waals surface area contributed by atoms with Gasteiger partial charge in [0.15, 0.2) is 0 Å². The van der Waals surface area contributed by atoms with Crippen LogP contribution in [-0.2, 0) is 0 Å². The van der Waals surface area contributed by atoms with Gasteiger partial charge in [0.1, 0.15) is 12.1 Å². The highest BCUT2D eigenvalue weighted by atomic mass is 32.1. The topological polar surface area (TPSA) is 70.6 Å².